The number of aromatic nitrogens is 2. The molecule has 0 bridgehead atoms. The Morgan fingerprint density at radius 1 is 1.33 bits per heavy atom. The number of nitrogens with one attached hydrogen (secondary N) is 2. The number of rotatable bonds is 8. The second-order valence-electron chi connectivity index (χ2n) is 7.65. The standard InChI is InChI=1S/C18H30N4O4S/c1-4-9-26-16-8-5-13(18(23)20-14-6-7-14)10-15(16)21-27(24,25)17-11-19-22(3)12(17)2/h11,13-16,21H,4-10H2,1-3H3,(H,20,23). The summed E-state index contributed by atoms with van der Waals surface area (Å²) in [4.78, 5) is 12.6. The number of carbonyl (C=O) groups excluding carboxylic acids is 1. The van der Waals surface area contributed by atoms with E-state index in [0.717, 1.165) is 25.7 Å². The number of hydrogen-bond donors (Lipinski definition) is 2. The van der Waals surface area contributed by atoms with Gasteiger partial charge in [0.05, 0.1) is 18.0 Å². The molecule has 0 saturated heterocycles. The van der Waals surface area contributed by atoms with Gasteiger partial charge in [-0.1, -0.05) is 6.92 Å². The van der Waals surface area contributed by atoms with Gasteiger partial charge in [-0.2, -0.15) is 5.10 Å². The molecule has 27 heavy (non-hydrogen) atoms. The third kappa shape index (κ3) is 4.89. The van der Waals surface area contributed by atoms with Crippen LogP contribution >= 0.6 is 0 Å². The number of ether oxygens (including phenoxy) is 1. The van der Waals surface area contributed by atoms with Gasteiger partial charge in [-0.05, 0) is 45.4 Å². The summed E-state index contributed by atoms with van der Waals surface area (Å²) >= 11 is 0. The van der Waals surface area contributed by atoms with E-state index >= 15 is 0 Å². The van der Waals surface area contributed by atoms with E-state index in [0.29, 0.717) is 31.2 Å². The summed E-state index contributed by atoms with van der Waals surface area (Å²) in [7, 11) is -2.02. The molecule has 1 aromatic rings. The first kappa shape index (κ1) is 20.3. The van der Waals surface area contributed by atoms with Crippen LogP contribution in [0.15, 0.2) is 11.1 Å². The second kappa shape index (κ2) is 8.28. The Morgan fingerprint density at radius 3 is 2.67 bits per heavy atom. The number of sulfonamides is 1. The Labute approximate surface area is 161 Å². The van der Waals surface area contributed by atoms with E-state index in [1.54, 1.807) is 14.0 Å². The predicted molar refractivity (Wildman–Crippen MR) is 101 cm³/mol. The zero-order chi connectivity index (χ0) is 19.6. The normalized spacial score (nSPS) is 26.1. The quantitative estimate of drug-likeness (QED) is 0.686. The summed E-state index contributed by atoms with van der Waals surface area (Å²) in [5.74, 6) is -0.150. The van der Waals surface area contributed by atoms with Crippen molar-refractivity contribution in [2.75, 3.05) is 6.61 Å². The first-order chi connectivity index (χ1) is 12.8. The zero-order valence-corrected chi connectivity index (χ0v) is 17.1. The lowest BCUT2D eigenvalue weighted by Crippen LogP contribution is -2.50. The minimum atomic E-state index is -3.73. The summed E-state index contributed by atoms with van der Waals surface area (Å²) in [5, 5.41) is 7.07. The molecule has 9 heteroatoms. The molecule has 0 aliphatic heterocycles. The first-order valence-electron chi connectivity index (χ1n) is 9.74. The average molecular weight is 399 g/mol. The molecule has 152 valence electrons. The van der Waals surface area contributed by atoms with Crippen molar-refractivity contribution >= 4 is 15.9 Å². The molecule has 1 amide bonds. The fourth-order valence-corrected chi connectivity index (χ4v) is 5.01. The minimum Gasteiger partial charge on any atom is -0.377 e. The summed E-state index contributed by atoms with van der Waals surface area (Å²) in [6.45, 7) is 4.32. The molecule has 2 N–H and O–H groups in total. The topological polar surface area (TPSA) is 102 Å². The lowest BCUT2D eigenvalue weighted by Gasteiger charge is -2.35. The Kier molecular flexibility index (Phi) is 6.22. The maximum atomic E-state index is 12.9. The highest BCUT2D eigenvalue weighted by Gasteiger charge is 2.38. The highest BCUT2D eigenvalue weighted by atomic mass is 32.2. The summed E-state index contributed by atoms with van der Waals surface area (Å²) in [6.07, 6.45) is 5.92. The smallest absolute Gasteiger partial charge is 0.244 e. The molecule has 2 fully saturated rings. The van der Waals surface area contributed by atoms with Crippen molar-refractivity contribution in [2.24, 2.45) is 13.0 Å². The van der Waals surface area contributed by atoms with Crippen LogP contribution in [0.25, 0.3) is 0 Å². The number of hydrogen-bond acceptors (Lipinski definition) is 5. The Bertz CT molecular complexity index is 772. The molecular weight excluding hydrogens is 368 g/mol. The van der Waals surface area contributed by atoms with Gasteiger partial charge < -0.3 is 10.1 Å². The average Bonchev–Trinajstić information content (AvgIpc) is 3.37. The molecule has 8 nitrogen and oxygen atoms in total. The number of carbonyl (C=O) groups is 1. The highest BCUT2D eigenvalue weighted by molar-refractivity contribution is 7.89. The molecule has 2 aliphatic carbocycles. The molecule has 3 atom stereocenters. The Balaban J connectivity index is 1.73. The summed E-state index contributed by atoms with van der Waals surface area (Å²) in [6, 6.07) is -0.121. The van der Waals surface area contributed by atoms with Crippen LogP contribution in [0.4, 0.5) is 0 Å². The zero-order valence-electron chi connectivity index (χ0n) is 16.3. The third-order valence-corrected chi connectivity index (χ3v) is 7.00. The van der Waals surface area contributed by atoms with Crippen molar-refractivity contribution in [1.82, 2.24) is 19.8 Å². The number of nitrogens with zero attached hydrogens (tertiary/aromatic N) is 2. The molecule has 1 heterocycles. The number of aryl methyl sites for hydroxylation is 1. The van der Waals surface area contributed by atoms with E-state index in [2.05, 4.69) is 15.1 Å². The Morgan fingerprint density at radius 2 is 2.07 bits per heavy atom. The molecule has 0 radical (unpaired) electrons. The van der Waals surface area contributed by atoms with Crippen LogP contribution in [0.2, 0.25) is 0 Å². The van der Waals surface area contributed by atoms with Gasteiger partial charge in [-0.3, -0.25) is 9.48 Å². The van der Waals surface area contributed by atoms with Crippen molar-refractivity contribution in [3.63, 3.8) is 0 Å². The van der Waals surface area contributed by atoms with Gasteiger partial charge in [0.25, 0.3) is 0 Å². The lowest BCUT2D eigenvalue weighted by atomic mass is 9.83. The predicted octanol–water partition coefficient (Wildman–Crippen LogP) is 1.25. The largest absolute Gasteiger partial charge is 0.377 e. The van der Waals surface area contributed by atoms with Crippen LogP contribution in [0, 0.1) is 12.8 Å². The molecule has 3 rings (SSSR count). The van der Waals surface area contributed by atoms with Crippen LogP contribution in [0.5, 0.6) is 0 Å². The van der Waals surface area contributed by atoms with E-state index in [1.165, 1.54) is 10.9 Å². The van der Waals surface area contributed by atoms with Gasteiger partial charge in [-0.25, -0.2) is 13.1 Å². The fourth-order valence-electron chi connectivity index (χ4n) is 3.53. The molecule has 1 aromatic heterocycles. The second-order valence-corrected chi connectivity index (χ2v) is 9.33. The van der Waals surface area contributed by atoms with Gasteiger partial charge in [0.2, 0.25) is 15.9 Å². The first-order valence-corrected chi connectivity index (χ1v) is 11.2. The minimum absolute atomic E-state index is 0.0354. The van der Waals surface area contributed by atoms with Gasteiger partial charge in [-0.15, -0.1) is 0 Å². The molecule has 0 spiro atoms. The molecular formula is C18H30N4O4S. The lowest BCUT2D eigenvalue weighted by molar-refractivity contribution is -0.127. The van der Waals surface area contributed by atoms with E-state index in [9.17, 15) is 13.2 Å². The van der Waals surface area contributed by atoms with E-state index in [1.807, 2.05) is 6.92 Å². The van der Waals surface area contributed by atoms with Crippen LogP contribution in [0.3, 0.4) is 0 Å². The van der Waals surface area contributed by atoms with Crippen LogP contribution < -0.4 is 10.0 Å². The van der Waals surface area contributed by atoms with Crippen LogP contribution in [-0.4, -0.2) is 48.9 Å². The van der Waals surface area contributed by atoms with Crippen molar-refractivity contribution in [2.45, 2.75) is 75.5 Å². The molecule has 0 aromatic carbocycles. The van der Waals surface area contributed by atoms with Crippen molar-refractivity contribution in [3.8, 4) is 0 Å². The van der Waals surface area contributed by atoms with Gasteiger partial charge in [0.1, 0.15) is 4.90 Å². The molecule has 2 saturated carbocycles. The van der Waals surface area contributed by atoms with Crippen LogP contribution in [0.1, 0.15) is 51.1 Å². The molecule has 3 unspecified atom stereocenters. The van der Waals surface area contributed by atoms with Crippen molar-refractivity contribution in [1.29, 1.82) is 0 Å². The van der Waals surface area contributed by atoms with E-state index < -0.39 is 16.1 Å². The third-order valence-electron chi connectivity index (χ3n) is 5.40. The monoisotopic (exact) mass is 398 g/mol. The highest BCUT2D eigenvalue weighted by Crippen LogP contribution is 2.30. The maximum Gasteiger partial charge on any atom is 0.244 e. The van der Waals surface area contributed by atoms with Crippen molar-refractivity contribution in [3.05, 3.63) is 11.9 Å². The van der Waals surface area contributed by atoms with E-state index in [4.69, 9.17) is 4.74 Å². The fraction of sp³-hybridized carbons (Fsp3) is 0.778. The number of amides is 1. The Hall–Kier alpha value is -1.45. The van der Waals surface area contributed by atoms with E-state index in [-0.39, 0.29) is 22.8 Å². The summed E-state index contributed by atoms with van der Waals surface area (Å²) < 4.78 is 36.0. The SMILES string of the molecule is CCCOC1CCC(C(=O)NC2CC2)CC1NS(=O)(=O)c1cnn(C)c1C. The van der Waals surface area contributed by atoms with Gasteiger partial charge in [0.15, 0.2) is 0 Å². The summed E-state index contributed by atoms with van der Waals surface area (Å²) in [5.41, 5.74) is 0.576. The van der Waals surface area contributed by atoms with Gasteiger partial charge >= 0.3 is 0 Å². The maximum absolute atomic E-state index is 12.9. The molecule has 2 aliphatic rings. The van der Waals surface area contributed by atoms with Gasteiger partial charge in [0, 0.05) is 31.7 Å². The van der Waals surface area contributed by atoms with Crippen molar-refractivity contribution < 1.29 is 17.9 Å². The van der Waals surface area contributed by atoms with Crippen LogP contribution in [-0.2, 0) is 26.6 Å².